The smallest absolute Gasteiger partial charge is 0.0123 e. The molecule has 49 heavy (non-hydrogen) atoms. The van der Waals surface area contributed by atoms with Gasteiger partial charge in [-0.25, -0.2) is 0 Å². The Hall–Kier alpha value is -2.26. The van der Waals surface area contributed by atoms with Crippen LogP contribution < -0.4 is 21.2 Å². The third-order valence-electron chi connectivity index (χ3n) is 11.1. The van der Waals surface area contributed by atoms with Gasteiger partial charge in [0.2, 0.25) is 0 Å². The summed E-state index contributed by atoms with van der Waals surface area (Å²) in [6.07, 6.45) is 9.93. The van der Waals surface area contributed by atoms with Crippen LogP contribution in [0.4, 0.5) is 0 Å². The van der Waals surface area contributed by atoms with Crippen LogP contribution in [0.3, 0.4) is 0 Å². The van der Waals surface area contributed by atoms with E-state index in [0.29, 0.717) is 17.2 Å². The Morgan fingerprint density at radius 3 is 0.653 bits per heavy atom. The van der Waals surface area contributed by atoms with Crippen molar-refractivity contribution in [1.82, 2.24) is 0 Å². The molecule has 0 saturated carbocycles. The lowest BCUT2D eigenvalue weighted by molar-refractivity contribution is 0.495. The number of hydrogen-bond donors (Lipinski definition) is 0. The molecule has 0 amide bonds. The molecule has 2 unspecified atom stereocenters. The van der Waals surface area contributed by atoms with Crippen molar-refractivity contribution in [3.63, 3.8) is 0 Å². The maximum absolute atomic E-state index is 2.64. The van der Waals surface area contributed by atoms with Crippen LogP contribution in [0.1, 0.15) is 127 Å². The molecule has 0 N–H and O–H groups in total. The Bertz CT molecular complexity index is 1330. The fourth-order valence-electron chi connectivity index (χ4n) is 7.87. The predicted octanol–water partition coefficient (Wildman–Crippen LogP) is 11.6. The minimum atomic E-state index is -0.567. The molecular weight excluding hydrogens is 626 g/mol. The molecule has 0 aliphatic carbocycles. The van der Waals surface area contributed by atoms with Crippen LogP contribution in [0, 0.1) is 5.92 Å². The molecule has 4 rings (SSSR count). The summed E-state index contributed by atoms with van der Waals surface area (Å²) in [6, 6.07) is 30.5. The third-order valence-corrected chi connectivity index (χ3v) is 16.7. The molecule has 0 spiro atoms. The SMILES string of the molecule is CCc1cc(CC)cc(P(c2cc(CC)cc(CC)c2)C(C)C(CC)C(C)P(c2cc(CC)cc(CC)c2)c2cc(CC)cc(CC)c2)c1. The van der Waals surface area contributed by atoms with E-state index in [-0.39, 0.29) is 0 Å². The van der Waals surface area contributed by atoms with Crippen molar-refractivity contribution in [1.29, 1.82) is 0 Å². The Kier molecular flexibility index (Phi) is 15.2. The van der Waals surface area contributed by atoms with E-state index < -0.39 is 15.8 Å². The minimum Gasteiger partial charge on any atom is -0.0651 e. The zero-order valence-corrected chi connectivity index (χ0v) is 34.7. The molecule has 264 valence electrons. The molecule has 2 atom stereocenters. The summed E-state index contributed by atoms with van der Waals surface area (Å²) in [7, 11) is -1.13. The number of benzene rings is 4. The van der Waals surface area contributed by atoms with Gasteiger partial charge in [0, 0.05) is 0 Å². The summed E-state index contributed by atoms with van der Waals surface area (Å²) in [5.74, 6) is 0.591. The van der Waals surface area contributed by atoms with Gasteiger partial charge < -0.3 is 0 Å². The standard InChI is InChI=1S/C47H66P2/c1-12-35-21-36(13-2)26-43(25-35)48(44-27-37(14-3)22-38(15-4)28-44)33(10)47(20-9)34(11)49(45-29-39(16-5)23-40(17-6)30-45)46-31-41(18-7)24-42(19-8)32-46/h21-34,47H,12-20H2,1-11H3. The fourth-order valence-corrected chi connectivity index (χ4v) is 14.6. The highest BCUT2D eigenvalue weighted by Gasteiger charge is 2.36. The van der Waals surface area contributed by atoms with Crippen molar-refractivity contribution in [2.45, 2.75) is 145 Å². The van der Waals surface area contributed by atoms with Crippen molar-refractivity contribution >= 4 is 37.1 Å². The summed E-state index contributed by atoms with van der Waals surface area (Å²) in [5, 5.41) is 6.36. The normalized spacial score (nSPS) is 13.7. The van der Waals surface area contributed by atoms with Crippen LogP contribution in [0.5, 0.6) is 0 Å². The van der Waals surface area contributed by atoms with Crippen molar-refractivity contribution in [3.05, 3.63) is 117 Å². The molecule has 0 bridgehead atoms. The number of aryl methyl sites for hydroxylation is 8. The first-order valence-corrected chi connectivity index (χ1v) is 22.6. The second-order valence-electron chi connectivity index (χ2n) is 14.2. The number of rotatable bonds is 17. The molecule has 0 saturated heterocycles. The van der Waals surface area contributed by atoms with Crippen LogP contribution >= 0.6 is 15.8 Å². The van der Waals surface area contributed by atoms with Crippen LogP contribution in [-0.4, -0.2) is 11.3 Å². The van der Waals surface area contributed by atoms with Crippen LogP contribution in [0.25, 0.3) is 0 Å². The maximum atomic E-state index is 2.64. The quantitative estimate of drug-likeness (QED) is 0.0967. The molecule has 0 aliphatic rings. The average Bonchev–Trinajstić information content (AvgIpc) is 3.14. The Labute approximate surface area is 304 Å². The second kappa shape index (κ2) is 18.8. The molecule has 0 fully saturated rings. The van der Waals surface area contributed by atoms with Gasteiger partial charge in [0.1, 0.15) is 0 Å². The first-order chi connectivity index (χ1) is 23.7. The highest BCUT2D eigenvalue weighted by molar-refractivity contribution is 7.74. The largest absolute Gasteiger partial charge is 0.0651 e. The van der Waals surface area contributed by atoms with Gasteiger partial charge in [-0.05, 0) is 150 Å². The van der Waals surface area contributed by atoms with Crippen LogP contribution in [-0.2, 0) is 51.4 Å². The summed E-state index contributed by atoms with van der Waals surface area (Å²) in [5.41, 5.74) is 13.0. The van der Waals surface area contributed by atoms with E-state index in [1.54, 1.807) is 21.2 Å². The second-order valence-corrected chi connectivity index (χ2v) is 19.3. The van der Waals surface area contributed by atoms with E-state index in [1.165, 1.54) is 50.9 Å². The lowest BCUT2D eigenvalue weighted by Gasteiger charge is -2.40. The van der Waals surface area contributed by atoms with E-state index in [9.17, 15) is 0 Å². The number of hydrogen-bond acceptors (Lipinski definition) is 0. The van der Waals surface area contributed by atoms with Gasteiger partial charge in [0.05, 0.1) is 0 Å². The molecular formula is C47H66P2. The summed E-state index contributed by atoms with van der Waals surface area (Å²) < 4.78 is 0. The Morgan fingerprint density at radius 2 is 0.510 bits per heavy atom. The minimum absolute atomic E-state index is 0.550. The van der Waals surface area contributed by atoms with E-state index in [2.05, 4.69) is 149 Å². The van der Waals surface area contributed by atoms with Gasteiger partial charge in [-0.1, -0.05) is 155 Å². The molecule has 0 heterocycles. The Morgan fingerprint density at radius 1 is 0.327 bits per heavy atom. The summed E-state index contributed by atoms with van der Waals surface area (Å²) >= 11 is 0. The van der Waals surface area contributed by atoms with Crippen molar-refractivity contribution in [3.8, 4) is 0 Å². The zero-order valence-electron chi connectivity index (χ0n) is 32.9. The van der Waals surface area contributed by atoms with E-state index in [1.807, 2.05) is 0 Å². The van der Waals surface area contributed by atoms with E-state index >= 15 is 0 Å². The summed E-state index contributed by atoms with van der Waals surface area (Å²) in [6.45, 7) is 26.4. The van der Waals surface area contributed by atoms with Crippen LogP contribution in [0.2, 0.25) is 0 Å². The van der Waals surface area contributed by atoms with Gasteiger partial charge in [0.25, 0.3) is 0 Å². The molecule has 0 aromatic heterocycles. The van der Waals surface area contributed by atoms with Gasteiger partial charge in [-0.2, -0.15) is 0 Å². The van der Waals surface area contributed by atoms with Crippen molar-refractivity contribution in [2.75, 3.05) is 0 Å². The van der Waals surface area contributed by atoms with Crippen molar-refractivity contribution in [2.24, 2.45) is 5.92 Å². The maximum Gasteiger partial charge on any atom is -0.0123 e. The summed E-state index contributed by atoms with van der Waals surface area (Å²) in [4.78, 5) is 0. The predicted molar refractivity (Wildman–Crippen MR) is 226 cm³/mol. The van der Waals surface area contributed by atoms with Gasteiger partial charge >= 0.3 is 0 Å². The topological polar surface area (TPSA) is 0 Å². The molecule has 4 aromatic carbocycles. The van der Waals surface area contributed by atoms with E-state index in [0.717, 1.165) is 51.4 Å². The Balaban J connectivity index is 1.96. The highest BCUT2D eigenvalue weighted by Crippen LogP contribution is 2.52. The first kappa shape index (κ1) is 39.5. The molecule has 0 aliphatic heterocycles. The average molecular weight is 693 g/mol. The van der Waals surface area contributed by atoms with Crippen molar-refractivity contribution < 1.29 is 0 Å². The van der Waals surface area contributed by atoms with Gasteiger partial charge in [0.15, 0.2) is 0 Å². The monoisotopic (exact) mass is 692 g/mol. The lowest BCUT2D eigenvalue weighted by atomic mass is 9.99. The third kappa shape index (κ3) is 9.55. The van der Waals surface area contributed by atoms with Gasteiger partial charge in [-0.15, -0.1) is 0 Å². The molecule has 0 radical (unpaired) electrons. The lowest BCUT2D eigenvalue weighted by Crippen LogP contribution is -2.35. The van der Waals surface area contributed by atoms with E-state index in [4.69, 9.17) is 0 Å². The van der Waals surface area contributed by atoms with Gasteiger partial charge in [-0.3, -0.25) is 0 Å². The highest BCUT2D eigenvalue weighted by atomic mass is 31.1. The zero-order chi connectivity index (χ0) is 35.7. The first-order valence-electron chi connectivity index (χ1n) is 19.8. The molecule has 4 aromatic rings. The molecule has 2 heteroatoms. The van der Waals surface area contributed by atoms with Crippen LogP contribution in [0.15, 0.2) is 72.8 Å². The fraction of sp³-hybridized carbons (Fsp3) is 0.489. The molecule has 0 nitrogen and oxygen atoms in total.